The van der Waals surface area contributed by atoms with Gasteiger partial charge in [0, 0.05) is 31.1 Å². The minimum absolute atomic E-state index is 0.317. The summed E-state index contributed by atoms with van der Waals surface area (Å²) < 4.78 is 23.0. The molecule has 0 aliphatic carbocycles. The Balaban J connectivity index is 1.67. The first-order valence-electron chi connectivity index (χ1n) is 6.73. The van der Waals surface area contributed by atoms with Gasteiger partial charge < -0.3 is 10.2 Å². The number of hydrogen-bond acceptors (Lipinski definition) is 5. The van der Waals surface area contributed by atoms with E-state index in [9.17, 15) is 8.42 Å². The van der Waals surface area contributed by atoms with Gasteiger partial charge in [0.2, 0.25) is 0 Å². The van der Waals surface area contributed by atoms with Crippen molar-refractivity contribution in [2.45, 2.75) is 19.9 Å². The summed E-state index contributed by atoms with van der Waals surface area (Å²) in [5.74, 6) is 0.669. The Morgan fingerprint density at radius 3 is 2.95 bits per heavy atom. The lowest BCUT2D eigenvalue weighted by Crippen LogP contribution is -2.34. The second-order valence-corrected chi connectivity index (χ2v) is 8.35. The van der Waals surface area contributed by atoms with Gasteiger partial charge in [-0.3, -0.25) is 0 Å². The third-order valence-electron chi connectivity index (χ3n) is 3.51. The largest absolute Gasteiger partial charge is 0.311 e. The van der Waals surface area contributed by atoms with Gasteiger partial charge in [-0.05, 0) is 36.9 Å². The van der Waals surface area contributed by atoms with Crippen LogP contribution in [0.5, 0.6) is 0 Å². The monoisotopic (exact) mass is 302 g/mol. The van der Waals surface area contributed by atoms with Crippen LogP contribution >= 0.6 is 11.3 Å². The maximum absolute atomic E-state index is 11.5. The van der Waals surface area contributed by atoms with Crippen molar-refractivity contribution in [3.63, 3.8) is 0 Å². The van der Waals surface area contributed by atoms with E-state index in [4.69, 9.17) is 0 Å². The molecule has 1 saturated heterocycles. The fraction of sp³-hybridized carbons (Fsp3) is 0.692. The molecule has 1 aromatic heterocycles. The third kappa shape index (κ3) is 4.87. The van der Waals surface area contributed by atoms with E-state index in [2.05, 4.69) is 28.6 Å². The van der Waals surface area contributed by atoms with Gasteiger partial charge >= 0.3 is 0 Å². The van der Waals surface area contributed by atoms with Crippen LogP contribution in [0, 0.1) is 6.92 Å². The lowest BCUT2D eigenvalue weighted by molar-refractivity contribution is 0.294. The molecule has 1 N–H and O–H groups in total. The molecular weight excluding hydrogens is 280 g/mol. The normalized spacial score (nSPS) is 20.3. The number of nitrogens with zero attached hydrogens (tertiary/aromatic N) is 1. The summed E-state index contributed by atoms with van der Waals surface area (Å²) in [7, 11) is -2.78. The van der Waals surface area contributed by atoms with Crippen molar-refractivity contribution in [3.8, 4) is 0 Å². The van der Waals surface area contributed by atoms with Gasteiger partial charge in [-0.2, -0.15) is 0 Å². The first-order valence-corrected chi connectivity index (χ1v) is 9.43. The first-order chi connectivity index (χ1) is 9.07. The second kappa shape index (κ2) is 6.83. The van der Waals surface area contributed by atoms with Crippen LogP contribution in [0.15, 0.2) is 11.4 Å². The van der Waals surface area contributed by atoms with Crippen molar-refractivity contribution in [1.82, 2.24) is 10.2 Å². The van der Waals surface area contributed by atoms with E-state index < -0.39 is 9.84 Å². The standard InChI is InChI=1S/C13H22N2O2S2/c1-12-3-8-18-13(12)11-14-4-6-15-5-2-9-19(16,17)10-7-15/h3,8,14H,2,4-7,9-11H2,1H3. The van der Waals surface area contributed by atoms with E-state index in [-0.39, 0.29) is 0 Å². The highest BCUT2D eigenvalue weighted by Crippen LogP contribution is 2.14. The summed E-state index contributed by atoms with van der Waals surface area (Å²) >= 11 is 1.78. The molecule has 108 valence electrons. The topological polar surface area (TPSA) is 49.4 Å². The zero-order valence-electron chi connectivity index (χ0n) is 11.4. The molecular formula is C13H22N2O2S2. The van der Waals surface area contributed by atoms with Gasteiger partial charge in [0.25, 0.3) is 0 Å². The zero-order valence-corrected chi connectivity index (χ0v) is 13.0. The molecule has 1 aliphatic rings. The Morgan fingerprint density at radius 2 is 2.21 bits per heavy atom. The van der Waals surface area contributed by atoms with Crippen LogP contribution in [0.3, 0.4) is 0 Å². The van der Waals surface area contributed by atoms with Crippen LogP contribution in [0.4, 0.5) is 0 Å². The summed E-state index contributed by atoms with van der Waals surface area (Å²) in [6.07, 6.45) is 0.770. The molecule has 0 atom stereocenters. The van der Waals surface area contributed by atoms with Crippen LogP contribution in [-0.4, -0.2) is 51.0 Å². The molecule has 0 unspecified atom stereocenters. The summed E-state index contributed by atoms with van der Waals surface area (Å²) in [5.41, 5.74) is 1.35. The highest BCUT2D eigenvalue weighted by molar-refractivity contribution is 7.91. The Bertz CT molecular complexity index is 496. The summed E-state index contributed by atoms with van der Waals surface area (Å²) in [6.45, 7) is 6.47. The maximum atomic E-state index is 11.5. The maximum Gasteiger partial charge on any atom is 0.151 e. The van der Waals surface area contributed by atoms with Crippen molar-refractivity contribution in [2.24, 2.45) is 0 Å². The minimum Gasteiger partial charge on any atom is -0.311 e. The molecule has 1 fully saturated rings. The number of thiophene rings is 1. The number of nitrogens with one attached hydrogen (secondary N) is 1. The highest BCUT2D eigenvalue weighted by Gasteiger charge is 2.18. The SMILES string of the molecule is Cc1ccsc1CNCCN1CCCS(=O)(=O)CC1. The molecule has 0 amide bonds. The van der Waals surface area contributed by atoms with E-state index in [0.29, 0.717) is 18.1 Å². The predicted octanol–water partition coefficient (Wildman–Crippen LogP) is 1.27. The first kappa shape index (κ1) is 15.0. The third-order valence-corrected chi connectivity index (χ3v) is 6.24. The van der Waals surface area contributed by atoms with Gasteiger partial charge in [0.05, 0.1) is 11.5 Å². The van der Waals surface area contributed by atoms with E-state index in [0.717, 1.165) is 32.6 Å². The average Bonchev–Trinajstić information content (AvgIpc) is 2.67. The van der Waals surface area contributed by atoms with Crippen LogP contribution in [0.2, 0.25) is 0 Å². The van der Waals surface area contributed by atoms with Gasteiger partial charge in [-0.25, -0.2) is 8.42 Å². The van der Waals surface area contributed by atoms with E-state index >= 15 is 0 Å². The Morgan fingerprint density at radius 1 is 1.37 bits per heavy atom. The minimum atomic E-state index is -2.78. The number of aryl methyl sites for hydroxylation is 1. The number of hydrogen-bond donors (Lipinski definition) is 1. The van der Waals surface area contributed by atoms with Crippen LogP contribution < -0.4 is 5.32 Å². The Labute approximate surface area is 119 Å². The number of rotatable bonds is 5. The molecule has 4 nitrogen and oxygen atoms in total. The molecule has 2 rings (SSSR count). The van der Waals surface area contributed by atoms with E-state index in [1.807, 2.05) is 0 Å². The predicted molar refractivity (Wildman–Crippen MR) is 80.5 cm³/mol. The molecule has 19 heavy (non-hydrogen) atoms. The lowest BCUT2D eigenvalue weighted by atomic mass is 10.3. The zero-order chi connectivity index (χ0) is 13.7. The molecule has 0 spiro atoms. The quantitative estimate of drug-likeness (QED) is 0.832. The van der Waals surface area contributed by atoms with Gasteiger partial charge in [-0.15, -0.1) is 11.3 Å². The van der Waals surface area contributed by atoms with Crippen molar-refractivity contribution in [3.05, 3.63) is 21.9 Å². The van der Waals surface area contributed by atoms with E-state index in [1.54, 1.807) is 11.3 Å². The van der Waals surface area contributed by atoms with Crippen LogP contribution in [0.1, 0.15) is 16.9 Å². The fourth-order valence-corrected chi connectivity index (χ4v) is 4.42. The lowest BCUT2D eigenvalue weighted by Gasteiger charge is -2.19. The van der Waals surface area contributed by atoms with Crippen LogP contribution in [0.25, 0.3) is 0 Å². The second-order valence-electron chi connectivity index (χ2n) is 5.05. The summed E-state index contributed by atoms with van der Waals surface area (Å²) in [5, 5.41) is 5.55. The molecule has 0 radical (unpaired) electrons. The van der Waals surface area contributed by atoms with Crippen LogP contribution in [-0.2, 0) is 16.4 Å². The number of sulfone groups is 1. The van der Waals surface area contributed by atoms with Gasteiger partial charge in [-0.1, -0.05) is 0 Å². The highest BCUT2D eigenvalue weighted by atomic mass is 32.2. The van der Waals surface area contributed by atoms with Crippen molar-refractivity contribution >= 4 is 21.2 Å². The Hall–Kier alpha value is -0.430. The van der Waals surface area contributed by atoms with Gasteiger partial charge in [0.1, 0.15) is 0 Å². The molecule has 1 aliphatic heterocycles. The van der Waals surface area contributed by atoms with Gasteiger partial charge in [0.15, 0.2) is 9.84 Å². The summed E-state index contributed by atoms with van der Waals surface area (Å²) in [6, 6.07) is 2.14. The molecule has 6 heteroatoms. The smallest absolute Gasteiger partial charge is 0.151 e. The molecule has 0 bridgehead atoms. The fourth-order valence-electron chi connectivity index (χ4n) is 2.24. The van der Waals surface area contributed by atoms with E-state index in [1.165, 1.54) is 10.4 Å². The van der Waals surface area contributed by atoms with Crippen molar-refractivity contribution < 1.29 is 8.42 Å². The molecule has 0 aromatic carbocycles. The average molecular weight is 302 g/mol. The Kier molecular flexibility index (Phi) is 5.38. The molecule has 0 saturated carbocycles. The van der Waals surface area contributed by atoms with Crippen molar-refractivity contribution in [2.75, 3.05) is 37.7 Å². The summed E-state index contributed by atoms with van der Waals surface area (Å²) in [4.78, 5) is 3.64. The van der Waals surface area contributed by atoms with Crippen molar-refractivity contribution in [1.29, 1.82) is 0 Å². The molecule has 2 heterocycles. The molecule has 1 aromatic rings.